The van der Waals surface area contributed by atoms with E-state index in [1.165, 1.54) is 0 Å². The zero-order chi connectivity index (χ0) is 12.8. The first-order valence-electron chi connectivity index (χ1n) is 5.62. The lowest BCUT2D eigenvalue weighted by Gasteiger charge is -2.21. The summed E-state index contributed by atoms with van der Waals surface area (Å²) in [5.74, 6) is 0. The van der Waals surface area contributed by atoms with E-state index in [4.69, 9.17) is 16.3 Å². The van der Waals surface area contributed by atoms with E-state index < -0.39 is 0 Å². The molecule has 0 N–H and O–H groups in total. The van der Waals surface area contributed by atoms with E-state index in [0.29, 0.717) is 17.2 Å². The summed E-state index contributed by atoms with van der Waals surface area (Å²) in [7, 11) is 1.93. The third-order valence-corrected chi connectivity index (χ3v) is 2.64. The van der Waals surface area contributed by atoms with Crippen molar-refractivity contribution in [3.63, 3.8) is 0 Å². The van der Waals surface area contributed by atoms with Crippen LogP contribution in [0, 0.1) is 0 Å². The molecular weight excluding hydrogens is 238 g/mol. The first-order chi connectivity index (χ1) is 8.04. The molecule has 0 atom stereocenters. The van der Waals surface area contributed by atoms with Gasteiger partial charge in [-0.15, -0.1) is 0 Å². The lowest BCUT2D eigenvalue weighted by molar-refractivity contribution is 0.0845. The molecular formula is C13H18ClNO2. The van der Waals surface area contributed by atoms with Gasteiger partial charge in [0.05, 0.1) is 12.7 Å². The van der Waals surface area contributed by atoms with Gasteiger partial charge in [0.2, 0.25) is 0 Å². The van der Waals surface area contributed by atoms with Crippen molar-refractivity contribution in [2.75, 3.05) is 25.1 Å². The number of rotatable bonds is 6. The summed E-state index contributed by atoms with van der Waals surface area (Å²) >= 11 is 5.84. The van der Waals surface area contributed by atoms with Gasteiger partial charge in [0.15, 0.2) is 6.29 Å². The number of carbonyl (C=O) groups is 1. The standard InChI is InChI=1S/C13H18ClNO2/c1-10(2)17-7-6-15(3)13-5-4-12(14)8-11(13)9-16/h4-5,8-10H,6-7H2,1-3H3. The normalized spacial score (nSPS) is 10.6. The van der Waals surface area contributed by atoms with Crippen LogP contribution < -0.4 is 4.90 Å². The minimum absolute atomic E-state index is 0.221. The van der Waals surface area contributed by atoms with Gasteiger partial charge in [-0.3, -0.25) is 4.79 Å². The Morgan fingerprint density at radius 1 is 1.47 bits per heavy atom. The summed E-state index contributed by atoms with van der Waals surface area (Å²) in [6.07, 6.45) is 1.04. The maximum Gasteiger partial charge on any atom is 0.152 e. The Labute approximate surface area is 107 Å². The largest absolute Gasteiger partial charge is 0.377 e. The molecule has 0 bridgehead atoms. The van der Waals surface area contributed by atoms with Crippen molar-refractivity contribution >= 4 is 23.6 Å². The minimum Gasteiger partial charge on any atom is -0.377 e. The summed E-state index contributed by atoms with van der Waals surface area (Å²) in [4.78, 5) is 12.9. The average Bonchev–Trinajstić information content (AvgIpc) is 2.28. The molecule has 0 heterocycles. The van der Waals surface area contributed by atoms with Crippen LogP contribution in [0.3, 0.4) is 0 Å². The molecule has 0 spiro atoms. The Morgan fingerprint density at radius 2 is 2.18 bits per heavy atom. The Morgan fingerprint density at radius 3 is 2.76 bits per heavy atom. The fraction of sp³-hybridized carbons (Fsp3) is 0.462. The Balaban J connectivity index is 2.68. The van der Waals surface area contributed by atoms with Gasteiger partial charge in [-0.25, -0.2) is 0 Å². The molecule has 94 valence electrons. The van der Waals surface area contributed by atoms with E-state index in [1.807, 2.05) is 31.9 Å². The van der Waals surface area contributed by atoms with Gasteiger partial charge >= 0.3 is 0 Å². The van der Waals surface area contributed by atoms with Crippen molar-refractivity contribution in [2.45, 2.75) is 20.0 Å². The Hall–Kier alpha value is -1.06. The molecule has 0 fully saturated rings. The number of hydrogen-bond donors (Lipinski definition) is 0. The fourth-order valence-corrected chi connectivity index (χ4v) is 1.69. The third kappa shape index (κ3) is 4.36. The van der Waals surface area contributed by atoms with Crippen LogP contribution in [0.5, 0.6) is 0 Å². The predicted molar refractivity (Wildman–Crippen MR) is 71.2 cm³/mol. The summed E-state index contributed by atoms with van der Waals surface area (Å²) in [5, 5.41) is 0.572. The second-order valence-electron chi connectivity index (χ2n) is 4.16. The molecule has 0 saturated heterocycles. The smallest absolute Gasteiger partial charge is 0.152 e. The number of carbonyl (C=O) groups excluding carboxylic acids is 1. The minimum atomic E-state index is 0.221. The maximum atomic E-state index is 10.9. The number of halogens is 1. The Bertz CT molecular complexity index is 380. The first-order valence-corrected chi connectivity index (χ1v) is 6.00. The van der Waals surface area contributed by atoms with Crippen LogP contribution in [0.25, 0.3) is 0 Å². The summed E-state index contributed by atoms with van der Waals surface area (Å²) < 4.78 is 5.48. The second kappa shape index (κ2) is 6.62. The molecule has 0 radical (unpaired) electrons. The maximum absolute atomic E-state index is 10.9. The van der Waals surface area contributed by atoms with Crippen molar-refractivity contribution in [2.24, 2.45) is 0 Å². The SMILES string of the molecule is CC(C)OCCN(C)c1ccc(Cl)cc1C=O. The van der Waals surface area contributed by atoms with E-state index in [-0.39, 0.29) is 6.10 Å². The highest BCUT2D eigenvalue weighted by Gasteiger charge is 2.07. The van der Waals surface area contributed by atoms with Crippen molar-refractivity contribution in [3.05, 3.63) is 28.8 Å². The lowest BCUT2D eigenvalue weighted by Crippen LogP contribution is -2.24. The summed E-state index contributed by atoms with van der Waals surface area (Å²) in [5.41, 5.74) is 1.47. The highest BCUT2D eigenvalue weighted by atomic mass is 35.5. The number of hydrogen-bond acceptors (Lipinski definition) is 3. The van der Waals surface area contributed by atoms with Gasteiger partial charge in [-0.2, -0.15) is 0 Å². The van der Waals surface area contributed by atoms with Gasteiger partial charge in [0.1, 0.15) is 0 Å². The van der Waals surface area contributed by atoms with Crippen molar-refractivity contribution < 1.29 is 9.53 Å². The molecule has 0 aliphatic carbocycles. The molecule has 0 unspecified atom stereocenters. The summed E-state index contributed by atoms with van der Waals surface area (Å²) in [6, 6.07) is 5.30. The number of anilines is 1. The predicted octanol–water partition coefficient (Wildman–Crippen LogP) is 3.01. The van der Waals surface area contributed by atoms with Gasteiger partial charge in [0, 0.05) is 29.9 Å². The number of ether oxygens (including phenoxy) is 1. The average molecular weight is 256 g/mol. The van der Waals surface area contributed by atoms with Gasteiger partial charge in [0.25, 0.3) is 0 Å². The fourth-order valence-electron chi connectivity index (χ4n) is 1.51. The number of likely N-dealkylation sites (N-methyl/N-ethyl adjacent to an activating group) is 1. The molecule has 0 amide bonds. The second-order valence-corrected chi connectivity index (χ2v) is 4.60. The van der Waals surface area contributed by atoms with Crippen LogP contribution in [-0.4, -0.2) is 32.6 Å². The van der Waals surface area contributed by atoms with Crippen molar-refractivity contribution in [3.8, 4) is 0 Å². The molecule has 1 aromatic carbocycles. The van der Waals surface area contributed by atoms with E-state index in [2.05, 4.69) is 0 Å². The molecule has 1 rings (SSSR count). The molecule has 4 heteroatoms. The third-order valence-electron chi connectivity index (χ3n) is 2.41. The lowest BCUT2D eigenvalue weighted by atomic mass is 10.2. The molecule has 0 saturated carbocycles. The van der Waals surface area contributed by atoms with Crippen LogP contribution in [-0.2, 0) is 4.74 Å². The summed E-state index contributed by atoms with van der Waals surface area (Å²) in [6.45, 7) is 5.37. The Kier molecular flexibility index (Phi) is 5.45. The van der Waals surface area contributed by atoms with Crippen LogP contribution in [0.1, 0.15) is 24.2 Å². The molecule has 17 heavy (non-hydrogen) atoms. The van der Waals surface area contributed by atoms with E-state index in [0.717, 1.165) is 18.5 Å². The van der Waals surface area contributed by atoms with Crippen molar-refractivity contribution in [1.82, 2.24) is 0 Å². The van der Waals surface area contributed by atoms with Crippen LogP contribution in [0.4, 0.5) is 5.69 Å². The molecule has 3 nitrogen and oxygen atoms in total. The molecule has 0 aliphatic heterocycles. The highest BCUT2D eigenvalue weighted by molar-refractivity contribution is 6.31. The zero-order valence-electron chi connectivity index (χ0n) is 10.4. The van der Waals surface area contributed by atoms with Crippen LogP contribution >= 0.6 is 11.6 Å². The first kappa shape index (κ1) is 14.0. The zero-order valence-corrected chi connectivity index (χ0v) is 11.2. The molecule has 1 aromatic rings. The van der Waals surface area contributed by atoms with E-state index in [1.54, 1.807) is 12.1 Å². The van der Waals surface area contributed by atoms with Crippen LogP contribution in [0.2, 0.25) is 5.02 Å². The topological polar surface area (TPSA) is 29.5 Å². The highest BCUT2D eigenvalue weighted by Crippen LogP contribution is 2.21. The van der Waals surface area contributed by atoms with Crippen molar-refractivity contribution in [1.29, 1.82) is 0 Å². The quantitative estimate of drug-likeness (QED) is 0.732. The van der Waals surface area contributed by atoms with Crippen LogP contribution in [0.15, 0.2) is 18.2 Å². The number of nitrogens with zero attached hydrogens (tertiary/aromatic N) is 1. The van der Waals surface area contributed by atoms with Gasteiger partial charge in [-0.1, -0.05) is 11.6 Å². The monoisotopic (exact) mass is 255 g/mol. The molecule has 0 aromatic heterocycles. The number of benzene rings is 1. The number of aldehydes is 1. The van der Waals surface area contributed by atoms with E-state index in [9.17, 15) is 4.79 Å². The van der Waals surface area contributed by atoms with Gasteiger partial charge < -0.3 is 9.64 Å². The van der Waals surface area contributed by atoms with Gasteiger partial charge in [-0.05, 0) is 32.0 Å². The molecule has 0 aliphatic rings. The van der Waals surface area contributed by atoms with E-state index >= 15 is 0 Å².